The van der Waals surface area contributed by atoms with E-state index < -0.39 is 5.72 Å². The minimum Gasteiger partial charge on any atom is -0.507 e. The van der Waals surface area contributed by atoms with Gasteiger partial charge >= 0.3 is 0 Å². The smallest absolute Gasteiger partial charge is 0.218 e. The van der Waals surface area contributed by atoms with Crippen LogP contribution in [-0.4, -0.2) is 58.7 Å². The van der Waals surface area contributed by atoms with Crippen molar-refractivity contribution in [1.29, 1.82) is 0 Å². The first-order valence-electron chi connectivity index (χ1n) is 11.7. The van der Waals surface area contributed by atoms with Crippen LogP contribution in [0.2, 0.25) is 0 Å². The van der Waals surface area contributed by atoms with Gasteiger partial charge in [0.05, 0.1) is 11.6 Å². The molecule has 0 bridgehead atoms. The number of likely N-dealkylation sites (N-methyl/N-ethyl adjacent to an activating group) is 1. The second-order valence-corrected chi connectivity index (χ2v) is 8.76. The fourth-order valence-corrected chi connectivity index (χ4v) is 4.56. The van der Waals surface area contributed by atoms with E-state index in [0.717, 1.165) is 48.7 Å². The number of aliphatic imine (C=N–C) groups is 1. The number of para-hydroxylation sites is 1. The molecule has 1 aromatic rings. The molecular formula is C25H33N5O3. The summed E-state index contributed by atoms with van der Waals surface area (Å²) in [7, 11) is 2.01. The van der Waals surface area contributed by atoms with Gasteiger partial charge in [0.2, 0.25) is 5.72 Å². The van der Waals surface area contributed by atoms with Crippen molar-refractivity contribution in [3.63, 3.8) is 0 Å². The number of allylic oxidation sites excluding steroid dienone is 2. The molecule has 4 rings (SSSR count). The number of hydrogen-bond donors (Lipinski definition) is 2. The maximum atomic E-state index is 11.3. The van der Waals surface area contributed by atoms with E-state index in [1.165, 1.54) is 0 Å². The van der Waals surface area contributed by atoms with Gasteiger partial charge in [0.15, 0.2) is 0 Å². The summed E-state index contributed by atoms with van der Waals surface area (Å²) in [4.78, 5) is 26.5. The molecule has 2 N–H and O–H groups in total. The maximum Gasteiger partial charge on any atom is 0.218 e. The van der Waals surface area contributed by atoms with E-state index in [2.05, 4.69) is 38.7 Å². The SMILES string of the molecule is CCC(CC)(N=O)ONC1CCN(C2=C3C=CC=CC3N(C)C(c3ccccc3O)=N2)CC1. The highest BCUT2D eigenvalue weighted by Gasteiger charge is 2.34. The van der Waals surface area contributed by atoms with Crippen molar-refractivity contribution in [2.75, 3.05) is 20.1 Å². The number of phenols is 1. The number of amidine groups is 1. The summed E-state index contributed by atoms with van der Waals surface area (Å²) in [5, 5.41) is 13.7. The van der Waals surface area contributed by atoms with Gasteiger partial charge in [-0.05, 0) is 43.0 Å². The lowest BCUT2D eigenvalue weighted by molar-refractivity contribution is -0.125. The van der Waals surface area contributed by atoms with Crippen LogP contribution in [0.1, 0.15) is 45.1 Å². The number of phenolic OH excluding ortho intramolecular Hbond substituents is 1. The Labute approximate surface area is 195 Å². The Hall–Kier alpha value is -2.97. The third kappa shape index (κ3) is 4.58. The zero-order valence-electron chi connectivity index (χ0n) is 19.6. The second kappa shape index (κ2) is 9.89. The van der Waals surface area contributed by atoms with E-state index in [-0.39, 0.29) is 17.8 Å². The zero-order chi connectivity index (χ0) is 23.4. The molecule has 33 heavy (non-hydrogen) atoms. The highest BCUT2D eigenvalue weighted by Crippen LogP contribution is 2.33. The maximum absolute atomic E-state index is 11.3. The van der Waals surface area contributed by atoms with E-state index in [0.29, 0.717) is 12.8 Å². The van der Waals surface area contributed by atoms with Crippen LogP contribution in [0, 0.1) is 4.91 Å². The van der Waals surface area contributed by atoms with Crippen molar-refractivity contribution < 1.29 is 9.94 Å². The number of hydrogen-bond acceptors (Lipinski definition) is 8. The molecule has 1 saturated heterocycles. The molecule has 8 heteroatoms. The van der Waals surface area contributed by atoms with Crippen molar-refractivity contribution in [3.8, 4) is 5.75 Å². The van der Waals surface area contributed by atoms with Crippen LogP contribution in [-0.2, 0) is 4.84 Å². The van der Waals surface area contributed by atoms with Crippen LogP contribution >= 0.6 is 0 Å². The van der Waals surface area contributed by atoms with E-state index >= 15 is 0 Å². The highest BCUT2D eigenvalue weighted by atomic mass is 16.7. The average molecular weight is 452 g/mol. The molecule has 1 atom stereocenters. The Balaban J connectivity index is 1.53. The zero-order valence-corrected chi connectivity index (χ0v) is 19.6. The number of benzene rings is 1. The topological polar surface area (TPSA) is 89.8 Å². The van der Waals surface area contributed by atoms with Crippen molar-refractivity contribution in [3.05, 3.63) is 70.4 Å². The van der Waals surface area contributed by atoms with Gasteiger partial charge in [0.1, 0.15) is 17.4 Å². The van der Waals surface area contributed by atoms with Gasteiger partial charge in [-0.3, -0.25) is 4.84 Å². The number of rotatable bonds is 8. The van der Waals surface area contributed by atoms with Gasteiger partial charge in [0, 0.05) is 31.8 Å². The molecule has 0 amide bonds. The monoisotopic (exact) mass is 451 g/mol. The van der Waals surface area contributed by atoms with Crippen LogP contribution in [0.4, 0.5) is 0 Å². The molecule has 1 aromatic carbocycles. The fourth-order valence-electron chi connectivity index (χ4n) is 4.56. The predicted octanol–water partition coefficient (Wildman–Crippen LogP) is 4.06. The minimum atomic E-state index is -1.00. The molecule has 176 valence electrons. The van der Waals surface area contributed by atoms with Gasteiger partial charge < -0.3 is 14.9 Å². The molecule has 2 heterocycles. The van der Waals surface area contributed by atoms with E-state index in [4.69, 9.17) is 9.83 Å². The highest BCUT2D eigenvalue weighted by molar-refractivity contribution is 6.02. The minimum absolute atomic E-state index is 0.0599. The van der Waals surface area contributed by atoms with Crippen LogP contribution in [0.25, 0.3) is 0 Å². The first-order chi connectivity index (χ1) is 16.0. The summed E-state index contributed by atoms with van der Waals surface area (Å²) in [5.41, 5.74) is 3.98. The third-order valence-corrected chi connectivity index (χ3v) is 6.85. The number of likely N-dealkylation sites (tertiary alicyclic amines) is 1. The summed E-state index contributed by atoms with van der Waals surface area (Å²) >= 11 is 0. The molecule has 0 saturated carbocycles. The molecule has 0 radical (unpaired) electrons. The van der Waals surface area contributed by atoms with Crippen LogP contribution in [0.3, 0.4) is 0 Å². The Morgan fingerprint density at radius 2 is 1.94 bits per heavy atom. The van der Waals surface area contributed by atoms with E-state index in [9.17, 15) is 10.0 Å². The van der Waals surface area contributed by atoms with Crippen LogP contribution < -0.4 is 5.48 Å². The second-order valence-electron chi connectivity index (χ2n) is 8.76. The van der Waals surface area contributed by atoms with Gasteiger partial charge in [-0.15, -0.1) is 4.91 Å². The van der Waals surface area contributed by atoms with Crippen molar-refractivity contribution >= 4 is 5.84 Å². The summed E-state index contributed by atoms with van der Waals surface area (Å²) in [6.45, 7) is 5.44. The van der Waals surface area contributed by atoms with Crippen molar-refractivity contribution in [2.24, 2.45) is 10.2 Å². The van der Waals surface area contributed by atoms with Gasteiger partial charge in [-0.1, -0.05) is 50.3 Å². The fraction of sp³-hybridized carbons (Fsp3) is 0.480. The van der Waals surface area contributed by atoms with Crippen LogP contribution in [0.5, 0.6) is 5.75 Å². The molecule has 1 unspecified atom stereocenters. The number of hydroxylamine groups is 1. The number of nitrogens with one attached hydrogen (secondary N) is 1. The van der Waals surface area contributed by atoms with Crippen molar-refractivity contribution in [2.45, 2.75) is 57.3 Å². The predicted molar refractivity (Wildman–Crippen MR) is 129 cm³/mol. The molecule has 0 spiro atoms. The Kier molecular flexibility index (Phi) is 6.95. The normalized spacial score (nSPS) is 21.3. The lowest BCUT2D eigenvalue weighted by atomic mass is 9.96. The van der Waals surface area contributed by atoms with Crippen molar-refractivity contribution in [1.82, 2.24) is 15.3 Å². The Morgan fingerprint density at radius 3 is 2.61 bits per heavy atom. The van der Waals surface area contributed by atoms with Crippen LogP contribution in [0.15, 0.2) is 70.1 Å². The lowest BCUT2D eigenvalue weighted by Crippen LogP contribution is -2.48. The molecule has 0 aromatic heterocycles. The van der Waals surface area contributed by atoms with Gasteiger partial charge in [-0.2, -0.15) is 5.48 Å². The standard InChI is InChI=1S/C25H33N5O3/c1-4-25(5-2,28-32)33-27-18-14-16-30(17-15-18)24-19-10-6-8-12-21(19)29(3)23(26-24)20-11-7-9-13-22(20)31/h6-13,18,21,27,31H,4-5,14-17H2,1-3H3. The molecule has 3 aliphatic rings. The number of nitrogens with zero attached hydrogens (tertiary/aromatic N) is 4. The summed E-state index contributed by atoms with van der Waals surface area (Å²) in [6.07, 6.45) is 11.2. The lowest BCUT2D eigenvalue weighted by Gasteiger charge is -2.41. The number of piperidine rings is 1. The number of nitroso groups, excluding NO2 is 1. The van der Waals surface area contributed by atoms with Gasteiger partial charge in [-0.25, -0.2) is 4.99 Å². The first-order valence-corrected chi connectivity index (χ1v) is 11.7. The molecular weight excluding hydrogens is 418 g/mol. The Bertz CT molecular complexity index is 988. The molecule has 1 fully saturated rings. The molecule has 1 aliphatic carbocycles. The summed E-state index contributed by atoms with van der Waals surface area (Å²) in [5.74, 6) is 1.93. The Morgan fingerprint density at radius 1 is 1.21 bits per heavy atom. The van der Waals surface area contributed by atoms with E-state index in [1.807, 2.05) is 45.2 Å². The largest absolute Gasteiger partial charge is 0.507 e. The van der Waals surface area contributed by atoms with E-state index in [1.54, 1.807) is 6.07 Å². The molecule has 8 nitrogen and oxygen atoms in total. The quantitative estimate of drug-likeness (QED) is 0.458. The van der Waals surface area contributed by atoms with Gasteiger partial charge in [0.25, 0.3) is 0 Å². The summed E-state index contributed by atoms with van der Waals surface area (Å²) in [6, 6.07) is 7.54. The first kappa shape index (κ1) is 23.2. The average Bonchev–Trinajstić information content (AvgIpc) is 2.87. The molecule has 2 aliphatic heterocycles. The number of fused-ring (bicyclic) bond motifs is 1. The third-order valence-electron chi connectivity index (χ3n) is 6.85. The summed E-state index contributed by atoms with van der Waals surface area (Å²) < 4.78 is 0. The number of aromatic hydroxyl groups is 1.